The van der Waals surface area contributed by atoms with Crippen molar-refractivity contribution in [1.29, 1.82) is 0 Å². The number of anilines is 2. The van der Waals surface area contributed by atoms with Gasteiger partial charge >= 0.3 is 0 Å². The minimum absolute atomic E-state index is 0.0935. The van der Waals surface area contributed by atoms with E-state index in [1.807, 2.05) is 36.7 Å². The van der Waals surface area contributed by atoms with E-state index in [1.54, 1.807) is 19.6 Å². The van der Waals surface area contributed by atoms with Crippen molar-refractivity contribution in [1.82, 2.24) is 30.0 Å². The average Bonchev–Trinajstić information content (AvgIpc) is 3.18. The van der Waals surface area contributed by atoms with Crippen molar-refractivity contribution in [3.8, 4) is 0 Å². The van der Waals surface area contributed by atoms with Gasteiger partial charge in [-0.15, -0.1) is 10.2 Å². The van der Waals surface area contributed by atoms with E-state index in [0.717, 1.165) is 24.7 Å². The van der Waals surface area contributed by atoms with E-state index in [4.69, 9.17) is 4.74 Å². The first-order valence-electron chi connectivity index (χ1n) is 7.93. The van der Waals surface area contributed by atoms with Crippen molar-refractivity contribution in [2.75, 3.05) is 44.1 Å². The second-order valence-electron chi connectivity index (χ2n) is 6.13. The highest BCUT2D eigenvalue weighted by atomic mass is 16.5. The van der Waals surface area contributed by atoms with Crippen LogP contribution in [0.15, 0.2) is 18.6 Å². The Morgan fingerprint density at radius 3 is 2.88 bits per heavy atom. The molecule has 2 aromatic heterocycles. The van der Waals surface area contributed by atoms with Crippen LogP contribution in [0.3, 0.4) is 0 Å². The number of aromatic nitrogens is 5. The SMILES string of the molecule is CO[C@@H]1CN(c2ccnc(N(C)C)n2)C[C@@H]1NCc1nncn1C. The molecule has 9 heteroatoms. The third-order valence-corrected chi connectivity index (χ3v) is 4.25. The summed E-state index contributed by atoms with van der Waals surface area (Å²) < 4.78 is 7.56. The molecule has 0 saturated carbocycles. The van der Waals surface area contributed by atoms with Gasteiger partial charge in [0.25, 0.3) is 0 Å². The van der Waals surface area contributed by atoms with E-state index in [0.29, 0.717) is 12.5 Å². The molecular weight excluding hydrogens is 308 g/mol. The molecule has 0 bridgehead atoms. The lowest BCUT2D eigenvalue weighted by molar-refractivity contribution is 0.0963. The smallest absolute Gasteiger partial charge is 0.226 e. The van der Waals surface area contributed by atoms with Crippen molar-refractivity contribution >= 4 is 11.8 Å². The van der Waals surface area contributed by atoms with Crippen molar-refractivity contribution in [2.45, 2.75) is 18.7 Å². The molecule has 9 nitrogen and oxygen atoms in total. The first-order valence-corrected chi connectivity index (χ1v) is 7.93. The predicted octanol–water partition coefficient (Wildman–Crippen LogP) is -0.335. The highest BCUT2D eigenvalue weighted by Gasteiger charge is 2.33. The van der Waals surface area contributed by atoms with Gasteiger partial charge in [-0.1, -0.05) is 0 Å². The quantitative estimate of drug-likeness (QED) is 0.769. The summed E-state index contributed by atoms with van der Waals surface area (Å²) >= 11 is 0. The standard InChI is InChI=1S/C15H24N8O/c1-21(2)15-16-6-5-13(19-15)23-8-11(12(9-23)24-4)17-7-14-20-18-10-22(14)3/h5-6,10-12,17H,7-9H2,1-4H3/t11-,12+/m0/s1. The second kappa shape index (κ2) is 7.10. The van der Waals surface area contributed by atoms with Gasteiger partial charge in [-0.05, 0) is 6.07 Å². The molecule has 0 unspecified atom stereocenters. The van der Waals surface area contributed by atoms with Gasteiger partial charge in [0.2, 0.25) is 5.95 Å². The van der Waals surface area contributed by atoms with E-state index < -0.39 is 0 Å². The first-order chi connectivity index (χ1) is 11.6. The van der Waals surface area contributed by atoms with Crippen LogP contribution in [0.4, 0.5) is 11.8 Å². The fourth-order valence-corrected chi connectivity index (χ4v) is 2.82. The van der Waals surface area contributed by atoms with Crippen LogP contribution in [0.25, 0.3) is 0 Å². The van der Waals surface area contributed by atoms with Crippen LogP contribution < -0.4 is 15.1 Å². The van der Waals surface area contributed by atoms with Crippen molar-refractivity contribution in [3.63, 3.8) is 0 Å². The molecule has 2 atom stereocenters. The summed E-state index contributed by atoms with van der Waals surface area (Å²) in [5.74, 6) is 2.52. The van der Waals surface area contributed by atoms with E-state index in [2.05, 4.69) is 30.4 Å². The van der Waals surface area contributed by atoms with Crippen LogP contribution in [0, 0.1) is 0 Å². The average molecular weight is 332 g/mol. The Hall–Kier alpha value is -2.26. The lowest BCUT2D eigenvalue weighted by Gasteiger charge is -2.19. The Morgan fingerprint density at radius 1 is 1.38 bits per heavy atom. The van der Waals surface area contributed by atoms with Crippen molar-refractivity contribution < 1.29 is 4.74 Å². The van der Waals surface area contributed by atoms with Crippen LogP contribution >= 0.6 is 0 Å². The fraction of sp³-hybridized carbons (Fsp3) is 0.600. The Bertz CT molecular complexity index is 673. The second-order valence-corrected chi connectivity index (χ2v) is 6.13. The molecule has 24 heavy (non-hydrogen) atoms. The van der Waals surface area contributed by atoms with Crippen LogP contribution in [-0.2, 0) is 18.3 Å². The van der Waals surface area contributed by atoms with Gasteiger partial charge < -0.3 is 24.4 Å². The van der Waals surface area contributed by atoms with Gasteiger partial charge in [0.05, 0.1) is 18.7 Å². The number of hydrogen-bond donors (Lipinski definition) is 1. The summed E-state index contributed by atoms with van der Waals surface area (Å²) in [7, 11) is 7.56. The van der Waals surface area contributed by atoms with Crippen molar-refractivity contribution in [2.24, 2.45) is 7.05 Å². The maximum absolute atomic E-state index is 5.65. The topological polar surface area (TPSA) is 84.2 Å². The lowest BCUT2D eigenvalue weighted by Crippen LogP contribution is -2.40. The maximum atomic E-state index is 5.65. The molecule has 1 N–H and O–H groups in total. The Balaban J connectivity index is 1.67. The predicted molar refractivity (Wildman–Crippen MR) is 91.0 cm³/mol. The number of rotatable bonds is 6. The number of nitrogens with one attached hydrogen (secondary N) is 1. The summed E-state index contributed by atoms with van der Waals surface area (Å²) in [5, 5.41) is 11.5. The summed E-state index contributed by atoms with van der Waals surface area (Å²) in [6.07, 6.45) is 3.59. The highest BCUT2D eigenvalue weighted by molar-refractivity contribution is 5.45. The number of ether oxygens (including phenoxy) is 1. The summed E-state index contributed by atoms with van der Waals surface area (Å²) in [5.41, 5.74) is 0. The van der Waals surface area contributed by atoms with Crippen molar-refractivity contribution in [3.05, 3.63) is 24.4 Å². The van der Waals surface area contributed by atoms with Crippen LogP contribution in [0.2, 0.25) is 0 Å². The van der Waals surface area contributed by atoms with Gasteiger partial charge in [-0.2, -0.15) is 4.98 Å². The number of methoxy groups -OCH3 is 1. The molecule has 2 aromatic rings. The normalized spacial score (nSPS) is 20.6. The van der Waals surface area contributed by atoms with E-state index in [1.165, 1.54) is 0 Å². The van der Waals surface area contributed by atoms with Crippen LogP contribution in [-0.4, -0.2) is 71.2 Å². The number of hydrogen-bond acceptors (Lipinski definition) is 8. The Kier molecular flexibility index (Phi) is 4.91. The van der Waals surface area contributed by atoms with E-state index in [-0.39, 0.29) is 12.1 Å². The number of aryl methyl sites for hydroxylation is 1. The highest BCUT2D eigenvalue weighted by Crippen LogP contribution is 2.21. The maximum Gasteiger partial charge on any atom is 0.226 e. The molecule has 1 fully saturated rings. The van der Waals surface area contributed by atoms with Gasteiger partial charge in [-0.25, -0.2) is 4.98 Å². The molecule has 1 aliphatic heterocycles. The van der Waals surface area contributed by atoms with Crippen LogP contribution in [0.1, 0.15) is 5.82 Å². The summed E-state index contributed by atoms with van der Waals surface area (Å²) in [6, 6.07) is 2.13. The molecule has 1 aliphatic rings. The van der Waals surface area contributed by atoms with Gasteiger partial charge in [0, 0.05) is 47.5 Å². The summed E-state index contributed by atoms with van der Waals surface area (Å²) in [4.78, 5) is 13.0. The fourth-order valence-electron chi connectivity index (χ4n) is 2.82. The van der Waals surface area contributed by atoms with Crippen LogP contribution in [0.5, 0.6) is 0 Å². The zero-order valence-corrected chi connectivity index (χ0v) is 14.5. The molecule has 3 heterocycles. The monoisotopic (exact) mass is 332 g/mol. The molecule has 1 saturated heterocycles. The molecule has 0 spiro atoms. The molecule has 0 radical (unpaired) electrons. The molecular formula is C15H24N8O. The Labute approximate surface area is 141 Å². The number of nitrogens with zero attached hydrogens (tertiary/aromatic N) is 7. The molecule has 0 aliphatic carbocycles. The van der Waals surface area contributed by atoms with E-state index >= 15 is 0 Å². The van der Waals surface area contributed by atoms with Gasteiger partial charge in [0.15, 0.2) is 0 Å². The largest absolute Gasteiger partial charge is 0.378 e. The molecule has 130 valence electrons. The molecule has 0 aromatic carbocycles. The van der Waals surface area contributed by atoms with Gasteiger partial charge in [-0.3, -0.25) is 0 Å². The minimum atomic E-state index is 0.0935. The first kappa shape index (κ1) is 16.6. The Morgan fingerprint density at radius 2 is 2.21 bits per heavy atom. The minimum Gasteiger partial charge on any atom is -0.378 e. The zero-order valence-electron chi connectivity index (χ0n) is 14.5. The zero-order chi connectivity index (χ0) is 17.1. The lowest BCUT2D eigenvalue weighted by atomic mass is 10.2. The third kappa shape index (κ3) is 3.46. The van der Waals surface area contributed by atoms with Gasteiger partial charge in [0.1, 0.15) is 18.0 Å². The molecule has 3 rings (SSSR count). The molecule has 0 amide bonds. The summed E-state index contributed by atoms with van der Waals surface area (Å²) in [6.45, 7) is 2.26. The van der Waals surface area contributed by atoms with E-state index in [9.17, 15) is 0 Å². The third-order valence-electron chi connectivity index (χ3n) is 4.25.